The first-order valence-electron chi connectivity index (χ1n) is 23.6. The lowest BCUT2D eigenvalue weighted by Gasteiger charge is -2.71. The van der Waals surface area contributed by atoms with Gasteiger partial charge in [0.2, 0.25) is 6.29 Å². The van der Waals surface area contributed by atoms with Crippen LogP contribution in [0.5, 0.6) is 0 Å². The van der Waals surface area contributed by atoms with E-state index in [1.807, 2.05) is 0 Å². The Labute approximate surface area is 380 Å². The molecule has 18 heteroatoms. The van der Waals surface area contributed by atoms with Gasteiger partial charge in [-0.15, -0.1) is 0 Å². The van der Waals surface area contributed by atoms with E-state index in [0.717, 1.165) is 44.9 Å². The van der Waals surface area contributed by atoms with Crippen molar-refractivity contribution in [3.63, 3.8) is 0 Å². The van der Waals surface area contributed by atoms with Gasteiger partial charge < -0.3 is 79.1 Å². The molecule has 370 valence electrons. The summed E-state index contributed by atoms with van der Waals surface area (Å²) < 4.78 is 40.1. The van der Waals surface area contributed by atoms with Gasteiger partial charge in [-0.1, -0.05) is 60.1 Å². The van der Waals surface area contributed by atoms with E-state index in [9.17, 15) is 55.5 Å². The fourth-order valence-electron chi connectivity index (χ4n) is 14.8. The first-order chi connectivity index (χ1) is 30.3. The average molecular weight is 927 g/mol. The lowest BCUT2D eigenvalue weighted by molar-refractivity contribution is -0.344. The molecule has 3 aliphatic heterocycles. The Morgan fingerprint density at radius 2 is 1.32 bits per heavy atom. The summed E-state index contributed by atoms with van der Waals surface area (Å²) in [7, 11) is 1.25. The van der Waals surface area contributed by atoms with Gasteiger partial charge in [-0.05, 0) is 109 Å². The number of hydrogen-bond acceptors (Lipinski definition) is 17. The fraction of sp³-hybridized carbons (Fsp3) is 0.915. The van der Waals surface area contributed by atoms with Crippen molar-refractivity contribution in [2.45, 2.75) is 205 Å². The van der Waals surface area contributed by atoms with Crippen LogP contribution in [-0.2, 0) is 42.7 Å². The second-order valence-corrected chi connectivity index (χ2v) is 22.9. The summed E-state index contributed by atoms with van der Waals surface area (Å²) in [6.45, 7) is 15.3. The third-order valence-electron chi connectivity index (χ3n) is 18.8. The molecule has 18 nitrogen and oxygen atoms in total. The van der Waals surface area contributed by atoms with Crippen LogP contribution >= 0.6 is 0 Å². The SMILES string of the molecule is COC1OC(OC2C(C(=O)O)OC(OC3CCC4(C)C(CCC5(C)C4CC=C4C6CC(C)(C)CCC6(C(=O)OC6OC(CO)C(O)C(O)C6O)CCC45C)C3(C)C)C(O)C2O)C(O)C1O. The zero-order chi connectivity index (χ0) is 47.6. The van der Waals surface area contributed by atoms with Crippen molar-refractivity contribution >= 4 is 11.9 Å². The van der Waals surface area contributed by atoms with Crippen LogP contribution in [0.4, 0.5) is 0 Å². The van der Waals surface area contributed by atoms with E-state index in [1.165, 1.54) is 12.7 Å². The number of allylic oxidation sites excluding steroid dienone is 2. The van der Waals surface area contributed by atoms with Gasteiger partial charge in [0.15, 0.2) is 25.0 Å². The number of fused-ring (bicyclic) bond motifs is 7. The summed E-state index contributed by atoms with van der Waals surface area (Å²) in [6, 6.07) is 0. The zero-order valence-electron chi connectivity index (χ0n) is 38.9. The predicted molar refractivity (Wildman–Crippen MR) is 225 cm³/mol. The minimum absolute atomic E-state index is 0.0608. The van der Waals surface area contributed by atoms with E-state index in [1.54, 1.807) is 0 Å². The maximum absolute atomic E-state index is 14.6. The van der Waals surface area contributed by atoms with Crippen molar-refractivity contribution in [3.8, 4) is 0 Å². The van der Waals surface area contributed by atoms with Crippen LogP contribution in [0, 0.1) is 50.2 Å². The third kappa shape index (κ3) is 7.67. The minimum Gasteiger partial charge on any atom is -0.479 e. The van der Waals surface area contributed by atoms with Crippen LogP contribution in [0.1, 0.15) is 113 Å². The molecule has 9 N–H and O–H groups in total. The summed E-state index contributed by atoms with van der Waals surface area (Å²) >= 11 is 0. The van der Waals surface area contributed by atoms with Gasteiger partial charge in [0, 0.05) is 7.11 Å². The number of carboxylic acids is 1. The zero-order valence-corrected chi connectivity index (χ0v) is 38.9. The highest BCUT2D eigenvalue weighted by Crippen LogP contribution is 2.76. The molecule has 7 fully saturated rings. The molecular formula is C47H74O18. The van der Waals surface area contributed by atoms with E-state index >= 15 is 0 Å². The molecular weight excluding hydrogens is 852 g/mol. The Morgan fingerprint density at radius 3 is 1.97 bits per heavy atom. The van der Waals surface area contributed by atoms with Crippen molar-refractivity contribution in [1.29, 1.82) is 0 Å². The van der Waals surface area contributed by atoms with Crippen LogP contribution in [0.2, 0.25) is 0 Å². The summed E-state index contributed by atoms with van der Waals surface area (Å²) in [4.78, 5) is 27.2. The molecule has 3 saturated heterocycles. The number of carbonyl (C=O) groups is 2. The number of hydrogen-bond donors (Lipinski definition) is 9. The van der Waals surface area contributed by atoms with Gasteiger partial charge in [0.05, 0.1) is 18.1 Å². The lowest BCUT2D eigenvalue weighted by atomic mass is 9.33. The predicted octanol–water partition coefficient (Wildman–Crippen LogP) is 1.48. The van der Waals surface area contributed by atoms with Gasteiger partial charge in [0.1, 0.15) is 54.9 Å². The Bertz CT molecular complexity index is 1820. The maximum Gasteiger partial charge on any atom is 0.335 e. The van der Waals surface area contributed by atoms with Crippen molar-refractivity contribution in [3.05, 3.63) is 11.6 Å². The molecule has 4 saturated carbocycles. The highest BCUT2D eigenvalue weighted by Gasteiger charge is 2.70. The quantitative estimate of drug-likeness (QED) is 0.0900. The maximum atomic E-state index is 14.6. The Kier molecular flexibility index (Phi) is 13.1. The van der Waals surface area contributed by atoms with E-state index in [4.69, 9.17) is 33.2 Å². The molecule has 0 bridgehead atoms. The van der Waals surface area contributed by atoms with Crippen molar-refractivity contribution in [2.75, 3.05) is 13.7 Å². The second kappa shape index (κ2) is 17.2. The summed E-state index contributed by atoms with van der Waals surface area (Å²) in [5, 5.41) is 95.1. The Morgan fingerprint density at radius 1 is 0.692 bits per heavy atom. The lowest BCUT2D eigenvalue weighted by Crippen LogP contribution is -2.66. The number of carboxylic acid groups (broad SMARTS) is 1. The molecule has 8 rings (SSSR count). The van der Waals surface area contributed by atoms with Crippen LogP contribution in [0.25, 0.3) is 0 Å². The minimum atomic E-state index is -1.82. The largest absolute Gasteiger partial charge is 0.479 e. The first kappa shape index (κ1) is 49.5. The van der Waals surface area contributed by atoms with Gasteiger partial charge in [-0.25, -0.2) is 4.79 Å². The molecule has 22 unspecified atom stereocenters. The summed E-state index contributed by atoms with van der Waals surface area (Å²) in [6.07, 6.45) is -13.0. The van der Waals surface area contributed by atoms with Crippen molar-refractivity contribution < 1.29 is 88.7 Å². The molecule has 22 atom stereocenters. The third-order valence-corrected chi connectivity index (χ3v) is 18.8. The number of carbonyl (C=O) groups excluding carboxylic acids is 1. The van der Waals surface area contributed by atoms with E-state index < -0.39 is 122 Å². The van der Waals surface area contributed by atoms with Crippen LogP contribution in [-0.4, -0.2) is 164 Å². The van der Waals surface area contributed by atoms with Crippen LogP contribution in [0.15, 0.2) is 11.6 Å². The molecule has 0 amide bonds. The number of aliphatic hydroxyl groups is 8. The highest BCUT2D eigenvalue weighted by molar-refractivity contribution is 5.79. The second-order valence-electron chi connectivity index (χ2n) is 22.9. The number of methoxy groups -OCH3 is 1. The van der Waals surface area contributed by atoms with E-state index in [2.05, 4.69) is 54.5 Å². The summed E-state index contributed by atoms with van der Waals surface area (Å²) in [5.41, 5.74) is -0.758. The molecule has 0 aromatic rings. The standard InChI is InChI=1S/C47H74O18/c1-42(2)15-17-47(41(58)65-38-30(52)28(50)27(49)23(20-48)60-38)18-16-45(6)21(22(47)19-42)9-10-25-44(5)13-12-26(43(3,4)24(44)11-14-46(25,45)7)61-39-31(53)29(51)34(35(63-39)36(56)57)62-40-33(55)32(54)37(59-8)64-40/h9,22-35,37-40,48-55H,10-20H2,1-8H3,(H,56,57). The monoisotopic (exact) mass is 926 g/mol. The molecule has 65 heavy (non-hydrogen) atoms. The van der Waals surface area contributed by atoms with Crippen molar-refractivity contribution in [1.82, 2.24) is 0 Å². The molecule has 0 radical (unpaired) electrons. The summed E-state index contributed by atoms with van der Waals surface area (Å²) in [5.74, 6) is -1.73. The topological polar surface area (TPSA) is 281 Å². The first-order valence-corrected chi connectivity index (χ1v) is 23.6. The number of ether oxygens (including phenoxy) is 7. The van der Waals surface area contributed by atoms with Gasteiger partial charge in [-0.3, -0.25) is 4.79 Å². The number of rotatable bonds is 9. The molecule has 8 aliphatic rings. The molecule has 0 aromatic heterocycles. The van der Waals surface area contributed by atoms with Crippen molar-refractivity contribution in [2.24, 2.45) is 50.2 Å². The van der Waals surface area contributed by atoms with Gasteiger partial charge >= 0.3 is 11.9 Å². The molecule has 0 aromatic carbocycles. The fourth-order valence-corrected chi connectivity index (χ4v) is 14.8. The molecule has 3 heterocycles. The van der Waals surface area contributed by atoms with Crippen LogP contribution in [0.3, 0.4) is 0 Å². The van der Waals surface area contributed by atoms with E-state index in [-0.39, 0.29) is 39.4 Å². The average Bonchev–Trinajstić information content (AvgIpc) is 3.52. The normalized spacial score (nSPS) is 52.5. The Balaban J connectivity index is 1.01. The smallest absolute Gasteiger partial charge is 0.335 e. The highest BCUT2D eigenvalue weighted by atomic mass is 16.8. The van der Waals surface area contributed by atoms with E-state index in [0.29, 0.717) is 19.3 Å². The van der Waals surface area contributed by atoms with Gasteiger partial charge in [-0.2, -0.15) is 0 Å². The number of aliphatic hydroxyl groups excluding tert-OH is 8. The number of esters is 1. The van der Waals surface area contributed by atoms with Gasteiger partial charge in [0.25, 0.3) is 0 Å². The molecule has 0 spiro atoms. The number of aliphatic carboxylic acids is 1. The Hall–Kier alpha value is -1.88. The van der Waals surface area contributed by atoms with Crippen LogP contribution < -0.4 is 0 Å². The molecule has 5 aliphatic carbocycles.